The third-order valence-electron chi connectivity index (χ3n) is 3.49. The molecular formula is C18H11BrClN3S. The lowest BCUT2D eigenvalue weighted by Crippen LogP contribution is -1.99. The first kappa shape index (κ1) is 15.6. The quantitative estimate of drug-likeness (QED) is 0.413. The zero-order valence-corrected chi connectivity index (χ0v) is 15.5. The van der Waals surface area contributed by atoms with Crippen LogP contribution in [0, 0.1) is 0 Å². The van der Waals surface area contributed by atoms with Crippen molar-refractivity contribution in [3.05, 3.63) is 69.5 Å². The fourth-order valence-electron chi connectivity index (χ4n) is 2.41. The zero-order chi connectivity index (χ0) is 16.5. The Morgan fingerprint density at radius 2 is 1.92 bits per heavy atom. The Kier molecular flexibility index (Phi) is 4.22. The Balaban J connectivity index is 1.89. The number of thiophene rings is 1. The summed E-state index contributed by atoms with van der Waals surface area (Å²) >= 11 is 11.2. The van der Waals surface area contributed by atoms with Gasteiger partial charge in [-0.3, -0.25) is 0 Å². The average molecular weight is 417 g/mol. The van der Waals surface area contributed by atoms with E-state index in [2.05, 4.69) is 21.2 Å². The monoisotopic (exact) mass is 415 g/mol. The highest BCUT2D eigenvalue weighted by Crippen LogP contribution is 2.31. The molecule has 2 heterocycles. The Bertz CT molecular complexity index is 1020. The minimum atomic E-state index is 0.679. The lowest BCUT2D eigenvalue weighted by atomic mass is 10.2. The lowest BCUT2D eigenvalue weighted by Gasteiger charge is -2.11. The molecule has 0 aliphatic rings. The van der Waals surface area contributed by atoms with E-state index in [4.69, 9.17) is 21.6 Å². The van der Waals surface area contributed by atoms with E-state index in [1.54, 1.807) is 11.3 Å². The predicted octanol–water partition coefficient (Wildman–Crippen LogP) is 6.52. The van der Waals surface area contributed by atoms with Crippen molar-refractivity contribution in [1.29, 1.82) is 0 Å². The molecule has 24 heavy (non-hydrogen) atoms. The van der Waals surface area contributed by atoms with Gasteiger partial charge in [-0.15, -0.1) is 11.3 Å². The van der Waals surface area contributed by atoms with Gasteiger partial charge >= 0.3 is 0 Å². The number of nitrogens with one attached hydrogen (secondary N) is 1. The van der Waals surface area contributed by atoms with Crippen LogP contribution in [0.5, 0.6) is 0 Å². The van der Waals surface area contributed by atoms with Gasteiger partial charge in [-0.1, -0.05) is 39.7 Å². The molecular weight excluding hydrogens is 406 g/mol. The predicted molar refractivity (Wildman–Crippen MR) is 105 cm³/mol. The van der Waals surface area contributed by atoms with E-state index in [9.17, 15) is 0 Å². The molecule has 2 aromatic carbocycles. The van der Waals surface area contributed by atoms with E-state index in [1.807, 2.05) is 60.0 Å². The summed E-state index contributed by atoms with van der Waals surface area (Å²) in [5, 5.41) is 7.02. The zero-order valence-electron chi connectivity index (χ0n) is 12.3. The summed E-state index contributed by atoms with van der Waals surface area (Å²) < 4.78 is 0.983. The van der Waals surface area contributed by atoms with Crippen molar-refractivity contribution >= 4 is 61.3 Å². The van der Waals surface area contributed by atoms with Gasteiger partial charge < -0.3 is 5.32 Å². The first-order valence-corrected chi connectivity index (χ1v) is 9.28. The van der Waals surface area contributed by atoms with E-state index in [1.165, 1.54) is 0 Å². The highest BCUT2D eigenvalue weighted by molar-refractivity contribution is 9.10. The second-order valence-electron chi connectivity index (χ2n) is 5.17. The molecule has 4 aromatic rings. The van der Waals surface area contributed by atoms with Crippen LogP contribution >= 0.6 is 38.9 Å². The summed E-state index contributed by atoms with van der Waals surface area (Å²) in [5.74, 6) is 1.47. The maximum absolute atomic E-state index is 6.09. The Morgan fingerprint density at radius 3 is 2.71 bits per heavy atom. The molecule has 3 nitrogen and oxygen atoms in total. The molecule has 0 bridgehead atoms. The number of hydrogen-bond acceptors (Lipinski definition) is 4. The molecule has 0 radical (unpaired) electrons. The number of fused-ring (bicyclic) bond motifs is 1. The summed E-state index contributed by atoms with van der Waals surface area (Å²) in [6, 6.07) is 17.6. The number of anilines is 2. The molecule has 0 spiro atoms. The van der Waals surface area contributed by atoms with Crippen LogP contribution in [0.2, 0.25) is 5.02 Å². The van der Waals surface area contributed by atoms with Gasteiger partial charge in [0, 0.05) is 20.6 Å². The van der Waals surface area contributed by atoms with E-state index < -0.39 is 0 Å². The van der Waals surface area contributed by atoms with Gasteiger partial charge in [0.15, 0.2) is 5.82 Å². The van der Waals surface area contributed by atoms with Crippen LogP contribution in [-0.4, -0.2) is 9.97 Å². The molecule has 0 aliphatic heterocycles. The molecule has 1 N–H and O–H groups in total. The molecule has 0 fully saturated rings. The number of hydrogen-bond donors (Lipinski definition) is 1. The molecule has 118 valence electrons. The summed E-state index contributed by atoms with van der Waals surface area (Å²) in [7, 11) is 0. The van der Waals surface area contributed by atoms with Gasteiger partial charge in [0.25, 0.3) is 0 Å². The van der Waals surface area contributed by atoms with Crippen LogP contribution in [0.25, 0.3) is 21.6 Å². The fourth-order valence-corrected chi connectivity index (χ4v) is 3.62. The van der Waals surface area contributed by atoms with Crippen molar-refractivity contribution in [2.75, 3.05) is 5.32 Å². The number of nitrogens with zero attached hydrogens (tertiary/aromatic N) is 2. The largest absolute Gasteiger partial charge is 0.340 e. The molecule has 0 unspecified atom stereocenters. The van der Waals surface area contributed by atoms with Crippen LogP contribution in [0.4, 0.5) is 11.5 Å². The van der Waals surface area contributed by atoms with Crippen molar-refractivity contribution in [2.45, 2.75) is 0 Å². The highest BCUT2D eigenvalue weighted by atomic mass is 79.9. The summed E-state index contributed by atoms with van der Waals surface area (Å²) in [5.41, 5.74) is 1.78. The highest BCUT2D eigenvalue weighted by Gasteiger charge is 2.11. The van der Waals surface area contributed by atoms with Gasteiger partial charge in [-0.25, -0.2) is 9.97 Å². The average Bonchev–Trinajstić information content (AvgIpc) is 3.10. The topological polar surface area (TPSA) is 37.8 Å². The van der Waals surface area contributed by atoms with Crippen LogP contribution in [0.3, 0.4) is 0 Å². The molecule has 0 aliphatic carbocycles. The molecule has 6 heteroatoms. The van der Waals surface area contributed by atoms with Crippen LogP contribution in [0.1, 0.15) is 0 Å². The van der Waals surface area contributed by atoms with Crippen molar-refractivity contribution in [3.63, 3.8) is 0 Å². The molecule has 0 saturated heterocycles. The van der Waals surface area contributed by atoms with Crippen LogP contribution < -0.4 is 5.32 Å². The van der Waals surface area contributed by atoms with Gasteiger partial charge in [-0.05, 0) is 47.8 Å². The lowest BCUT2D eigenvalue weighted by molar-refractivity contribution is 1.23. The fraction of sp³-hybridized carbons (Fsp3) is 0. The Labute approximate surface area is 156 Å². The number of halogens is 2. The normalized spacial score (nSPS) is 10.9. The van der Waals surface area contributed by atoms with Crippen molar-refractivity contribution < 1.29 is 0 Å². The van der Waals surface area contributed by atoms with Gasteiger partial charge in [0.2, 0.25) is 0 Å². The minimum Gasteiger partial charge on any atom is -0.340 e. The van der Waals surface area contributed by atoms with Crippen LogP contribution in [-0.2, 0) is 0 Å². The first-order valence-electron chi connectivity index (χ1n) is 7.23. The third-order valence-corrected chi connectivity index (χ3v) is 5.08. The van der Waals surface area contributed by atoms with Crippen molar-refractivity contribution in [2.24, 2.45) is 0 Å². The van der Waals surface area contributed by atoms with Crippen LogP contribution in [0.15, 0.2) is 64.5 Å². The van der Waals surface area contributed by atoms with Crippen molar-refractivity contribution in [1.82, 2.24) is 9.97 Å². The van der Waals surface area contributed by atoms with E-state index in [0.717, 1.165) is 31.8 Å². The second-order valence-corrected chi connectivity index (χ2v) is 7.47. The standard InChI is InChI=1S/C18H11BrClN3S/c19-11-6-7-15-14(9-11)17(21-13-4-1-3-12(20)10-13)23-18(22-15)16-5-2-8-24-16/h1-10H,(H,21,22,23). The third kappa shape index (κ3) is 3.15. The van der Waals surface area contributed by atoms with Gasteiger partial charge in [0.1, 0.15) is 5.82 Å². The summed E-state index contributed by atoms with van der Waals surface area (Å²) in [6.07, 6.45) is 0. The maximum atomic E-state index is 6.09. The molecule has 0 saturated carbocycles. The Hall–Kier alpha value is -1.95. The van der Waals surface area contributed by atoms with E-state index in [-0.39, 0.29) is 0 Å². The molecule has 0 atom stereocenters. The molecule has 2 aromatic heterocycles. The van der Waals surface area contributed by atoms with Gasteiger partial charge in [0.05, 0.1) is 10.4 Å². The SMILES string of the molecule is Clc1cccc(Nc2nc(-c3cccs3)nc3ccc(Br)cc23)c1. The summed E-state index contributed by atoms with van der Waals surface area (Å²) in [4.78, 5) is 10.5. The second kappa shape index (κ2) is 6.51. The van der Waals surface area contributed by atoms with Crippen molar-refractivity contribution in [3.8, 4) is 10.7 Å². The molecule has 4 rings (SSSR count). The number of aromatic nitrogens is 2. The minimum absolute atomic E-state index is 0.679. The Morgan fingerprint density at radius 1 is 1.00 bits per heavy atom. The number of rotatable bonds is 3. The number of benzene rings is 2. The summed E-state index contributed by atoms with van der Waals surface area (Å²) in [6.45, 7) is 0. The van der Waals surface area contributed by atoms with E-state index in [0.29, 0.717) is 10.8 Å². The molecule has 0 amide bonds. The maximum Gasteiger partial charge on any atom is 0.172 e. The first-order chi connectivity index (χ1) is 11.7. The smallest absolute Gasteiger partial charge is 0.172 e. The van der Waals surface area contributed by atoms with Gasteiger partial charge in [-0.2, -0.15) is 0 Å². The van der Waals surface area contributed by atoms with E-state index >= 15 is 0 Å².